The Hall–Kier alpha value is -1.30. The van der Waals surface area contributed by atoms with E-state index >= 15 is 0 Å². The minimum Gasteiger partial charge on any atom is -0.481 e. The number of amides is 1. The highest BCUT2D eigenvalue weighted by Crippen LogP contribution is 2.06. The summed E-state index contributed by atoms with van der Waals surface area (Å²) in [5.74, 6) is -1.08. The zero-order valence-corrected chi connectivity index (χ0v) is 8.53. The first-order valence-electron chi connectivity index (χ1n) is 4.17. The summed E-state index contributed by atoms with van der Waals surface area (Å²) in [5, 5.41) is 10.6. The molecule has 0 aromatic heterocycles. The standard InChI is InChI=1S/C8H16N2O4/c1-8(2,3)14-7(13)10-5(9)4-6(11)12/h5H,4,9H2,1-3H3,(H,10,13)(H,11,12)/t5-/m1/s1. The van der Waals surface area contributed by atoms with E-state index in [0.29, 0.717) is 0 Å². The van der Waals surface area contributed by atoms with Crippen molar-refractivity contribution in [3.63, 3.8) is 0 Å². The number of carboxylic acid groups (broad SMARTS) is 1. The number of nitrogens with two attached hydrogens (primary N) is 1. The van der Waals surface area contributed by atoms with Crippen LogP contribution in [-0.4, -0.2) is 28.9 Å². The zero-order valence-electron chi connectivity index (χ0n) is 8.53. The largest absolute Gasteiger partial charge is 0.481 e. The summed E-state index contributed by atoms with van der Waals surface area (Å²) in [6, 6.07) is 0. The molecule has 6 nitrogen and oxygen atoms in total. The molecule has 0 saturated carbocycles. The molecule has 1 amide bonds. The second-order valence-electron chi connectivity index (χ2n) is 3.85. The van der Waals surface area contributed by atoms with Gasteiger partial charge in [-0.15, -0.1) is 0 Å². The molecule has 0 saturated heterocycles. The average molecular weight is 204 g/mol. The van der Waals surface area contributed by atoms with Crippen molar-refractivity contribution in [3.8, 4) is 0 Å². The van der Waals surface area contributed by atoms with Crippen LogP contribution in [0.2, 0.25) is 0 Å². The first kappa shape index (κ1) is 12.7. The van der Waals surface area contributed by atoms with Crippen molar-refractivity contribution >= 4 is 12.1 Å². The molecule has 82 valence electrons. The van der Waals surface area contributed by atoms with Crippen molar-refractivity contribution in [2.45, 2.75) is 39.0 Å². The van der Waals surface area contributed by atoms with Gasteiger partial charge in [-0.1, -0.05) is 0 Å². The smallest absolute Gasteiger partial charge is 0.408 e. The Morgan fingerprint density at radius 3 is 2.36 bits per heavy atom. The van der Waals surface area contributed by atoms with E-state index in [1.165, 1.54) is 0 Å². The first-order valence-corrected chi connectivity index (χ1v) is 4.17. The van der Waals surface area contributed by atoms with Gasteiger partial charge < -0.3 is 20.9 Å². The minimum atomic E-state index is -1.08. The van der Waals surface area contributed by atoms with Crippen LogP contribution in [-0.2, 0) is 9.53 Å². The van der Waals surface area contributed by atoms with E-state index in [4.69, 9.17) is 15.6 Å². The molecule has 14 heavy (non-hydrogen) atoms. The number of hydrogen-bond acceptors (Lipinski definition) is 4. The first-order chi connectivity index (χ1) is 6.20. The Morgan fingerprint density at radius 2 is 2.00 bits per heavy atom. The van der Waals surface area contributed by atoms with Crippen LogP contribution >= 0.6 is 0 Å². The second-order valence-corrected chi connectivity index (χ2v) is 3.85. The second kappa shape index (κ2) is 4.80. The molecule has 0 heterocycles. The lowest BCUT2D eigenvalue weighted by Crippen LogP contribution is -2.45. The summed E-state index contributed by atoms with van der Waals surface area (Å²) in [7, 11) is 0. The quantitative estimate of drug-likeness (QED) is 0.573. The average Bonchev–Trinajstić information content (AvgIpc) is 1.77. The third kappa shape index (κ3) is 7.35. The number of nitrogens with one attached hydrogen (secondary N) is 1. The topological polar surface area (TPSA) is 102 Å². The van der Waals surface area contributed by atoms with Gasteiger partial charge in [0.15, 0.2) is 0 Å². The monoisotopic (exact) mass is 204 g/mol. The summed E-state index contributed by atoms with van der Waals surface area (Å²) in [6.45, 7) is 5.11. The summed E-state index contributed by atoms with van der Waals surface area (Å²) < 4.78 is 4.87. The van der Waals surface area contributed by atoms with Gasteiger partial charge in [0.25, 0.3) is 0 Å². The van der Waals surface area contributed by atoms with Gasteiger partial charge in [0, 0.05) is 0 Å². The minimum absolute atomic E-state index is 0.334. The van der Waals surface area contributed by atoms with Crippen molar-refractivity contribution in [2.24, 2.45) is 5.73 Å². The van der Waals surface area contributed by atoms with Crippen LogP contribution in [0.5, 0.6) is 0 Å². The molecular weight excluding hydrogens is 188 g/mol. The molecular formula is C8H16N2O4. The molecule has 0 aromatic carbocycles. The van der Waals surface area contributed by atoms with Crippen LogP contribution < -0.4 is 11.1 Å². The van der Waals surface area contributed by atoms with Crippen molar-refractivity contribution < 1.29 is 19.4 Å². The number of aliphatic carboxylic acids is 1. The maximum absolute atomic E-state index is 11.0. The number of rotatable bonds is 3. The van der Waals surface area contributed by atoms with Crippen LogP contribution in [0.3, 0.4) is 0 Å². The van der Waals surface area contributed by atoms with Gasteiger partial charge in [0.2, 0.25) is 0 Å². The van der Waals surface area contributed by atoms with Gasteiger partial charge in [0.1, 0.15) is 5.60 Å². The summed E-state index contributed by atoms with van der Waals surface area (Å²) >= 11 is 0. The SMILES string of the molecule is CC(C)(C)OC(=O)N[C@@H](N)CC(=O)O. The van der Waals surface area contributed by atoms with Crippen molar-refractivity contribution in [1.29, 1.82) is 0 Å². The van der Waals surface area contributed by atoms with E-state index in [-0.39, 0.29) is 6.42 Å². The lowest BCUT2D eigenvalue weighted by Gasteiger charge is -2.21. The molecule has 0 rings (SSSR count). The maximum Gasteiger partial charge on any atom is 0.408 e. The Kier molecular flexibility index (Phi) is 4.36. The van der Waals surface area contributed by atoms with Gasteiger partial charge in [0.05, 0.1) is 12.6 Å². The van der Waals surface area contributed by atoms with E-state index in [9.17, 15) is 9.59 Å². The zero-order chi connectivity index (χ0) is 11.4. The third-order valence-electron chi connectivity index (χ3n) is 1.10. The molecule has 0 unspecified atom stereocenters. The van der Waals surface area contributed by atoms with Crippen LogP contribution in [0.15, 0.2) is 0 Å². The Balaban J connectivity index is 3.89. The predicted octanol–water partition coefficient (Wildman–Crippen LogP) is 0.271. The molecule has 4 N–H and O–H groups in total. The maximum atomic E-state index is 11.0. The number of carbonyl (C=O) groups excluding carboxylic acids is 1. The van der Waals surface area contributed by atoms with Crippen LogP contribution in [0.25, 0.3) is 0 Å². The van der Waals surface area contributed by atoms with E-state index in [1.807, 2.05) is 0 Å². The Bertz CT molecular complexity index is 222. The highest BCUT2D eigenvalue weighted by atomic mass is 16.6. The molecule has 0 bridgehead atoms. The Morgan fingerprint density at radius 1 is 1.50 bits per heavy atom. The van der Waals surface area contributed by atoms with Gasteiger partial charge in [-0.3, -0.25) is 4.79 Å². The van der Waals surface area contributed by atoms with Crippen LogP contribution in [0.4, 0.5) is 4.79 Å². The van der Waals surface area contributed by atoms with Crippen molar-refractivity contribution in [3.05, 3.63) is 0 Å². The number of carbonyl (C=O) groups is 2. The highest BCUT2D eigenvalue weighted by molar-refractivity contribution is 5.71. The van der Waals surface area contributed by atoms with Crippen molar-refractivity contribution in [2.75, 3.05) is 0 Å². The lowest BCUT2D eigenvalue weighted by atomic mass is 10.2. The van der Waals surface area contributed by atoms with Crippen LogP contribution in [0, 0.1) is 0 Å². The molecule has 0 aliphatic heterocycles. The predicted molar refractivity (Wildman–Crippen MR) is 49.6 cm³/mol. The molecule has 0 aliphatic rings. The molecule has 0 spiro atoms. The van der Waals surface area contributed by atoms with Gasteiger partial charge in [-0.25, -0.2) is 4.79 Å². The number of alkyl carbamates (subject to hydrolysis) is 1. The fourth-order valence-electron chi connectivity index (χ4n) is 0.698. The summed E-state index contributed by atoms with van der Waals surface area (Å²) in [6.07, 6.45) is -1.98. The molecule has 0 fully saturated rings. The van der Waals surface area contributed by atoms with Gasteiger partial charge in [-0.05, 0) is 20.8 Å². The highest BCUT2D eigenvalue weighted by Gasteiger charge is 2.18. The summed E-state index contributed by atoms with van der Waals surface area (Å²) in [5.41, 5.74) is 4.68. The number of hydrogen-bond donors (Lipinski definition) is 3. The summed E-state index contributed by atoms with van der Waals surface area (Å²) in [4.78, 5) is 21.2. The lowest BCUT2D eigenvalue weighted by molar-refractivity contribution is -0.137. The third-order valence-corrected chi connectivity index (χ3v) is 1.10. The number of carboxylic acids is 1. The van der Waals surface area contributed by atoms with Crippen LogP contribution in [0.1, 0.15) is 27.2 Å². The van der Waals surface area contributed by atoms with E-state index in [1.54, 1.807) is 20.8 Å². The molecule has 1 atom stereocenters. The molecule has 0 aromatic rings. The Labute approximate surface area is 82.4 Å². The van der Waals surface area contributed by atoms with E-state index in [0.717, 1.165) is 0 Å². The van der Waals surface area contributed by atoms with Gasteiger partial charge >= 0.3 is 12.1 Å². The van der Waals surface area contributed by atoms with Crippen molar-refractivity contribution in [1.82, 2.24) is 5.32 Å². The molecule has 0 radical (unpaired) electrons. The number of ether oxygens (including phenoxy) is 1. The fourth-order valence-corrected chi connectivity index (χ4v) is 0.698. The molecule has 0 aliphatic carbocycles. The molecule has 6 heteroatoms. The normalized spacial score (nSPS) is 13.1. The fraction of sp³-hybridized carbons (Fsp3) is 0.750. The van der Waals surface area contributed by atoms with E-state index < -0.39 is 23.8 Å². The van der Waals surface area contributed by atoms with E-state index in [2.05, 4.69) is 5.32 Å². The van der Waals surface area contributed by atoms with Gasteiger partial charge in [-0.2, -0.15) is 0 Å².